The Labute approximate surface area is 118 Å². The average Bonchev–Trinajstić information content (AvgIpc) is 2.87. The Morgan fingerprint density at radius 1 is 1.05 bits per heavy atom. The van der Waals surface area contributed by atoms with E-state index in [9.17, 15) is 0 Å². The predicted molar refractivity (Wildman–Crippen MR) is 79.5 cm³/mol. The van der Waals surface area contributed by atoms with Crippen molar-refractivity contribution in [1.29, 1.82) is 0 Å². The molecule has 0 spiro atoms. The van der Waals surface area contributed by atoms with E-state index in [1.54, 1.807) is 0 Å². The van der Waals surface area contributed by atoms with Crippen molar-refractivity contribution in [2.24, 2.45) is 5.73 Å². The van der Waals surface area contributed by atoms with Gasteiger partial charge < -0.3 is 5.73 Å². The largest absolute Gasteiger partial charge is 0.328 e. The molecule has 2 aromatic rings. The summed E-state index contributed by atoms with van der Waals surface area (Å²) in [4.78, 5) is 6.09. The molecule has 2 aliphatic heterocycles. The predicted octanol–water partition coefficient (Wildman–Crippen LogP) is 2.80. The third kappa shape index (κ3) is 1.74. The van der Waals surface area contributed by atoms with Gasteiger partial charge in [-0.05, 0) is 29.2 Å². The van der Waals surface area contributed by atoms with Crippen molar-refractivity contribution in [3.05, 3.63) is 65.2 Å². The van der Waals surface area contributed by atoms with Gasteiger partial charge in [0.2, 0.25) is 0 Å². The first-order valence-electron chi connectivity index (χ1n) is 7.18. The average molecular weight is 266 g/mol. The fraction of sp³-hybridized carbons (Fsp3) is 0.294. The van der Waals surface area contributed by atoms with Gasteiger partial charge >= 0.3 is 0 Å². The normalized spacial score (nSPS) is 23.8. The van der Waals surface area contributed by atoms with Gasteiger partial charge in [0, 0.05) is 13.0 Å². The van der Waals surface area contributed by atoms with Crippen LogP contribution in [0.2, 0.25) is 0 Å². The fourth-order valence-electron chi connectivity index (χ4n) is 3.34. The second-order valence-electron chi connectivity index (χ2n) is 5.54. The summed E-state index contributed by atoms with van der Waals surface area (Å²) in [5.41, 5.74) is 11.1. The number of benzene rings is 2. The lowest BCUT2D eigenvalue weighted by Crippen LogP contribution is -2.24. The zero-order chi connectivity index (χ0) is 13.5. The molecule has 2 aromatic carbocycles. The first kappa shape index (κ1) is 11.9. The molecule has 2 N–H and O–H groups in total. The molecule has 2 heterocycles. The number of hydrogen-bond donors (Lipinski definition) is 1. The zero-order valence-electron chi connectivity index (χ0n) is 11.3. The lowest BCUT2D eigenvalue weighted by molar-refractivity contribution is 0.0891. The third-order valence-corrected chi connectivity index (χ3v) is 4.32. The van der Waals surface area contributed by atoms with Crippen LogP contribution in [0.15, 0.2) is 48.5 Å². The zero-order valence-corrected chi connectivity index (χ0v) is 11.3. The second kappa shape index (κ2) is 4.62. The van der Waals surface area contributed by atoms with Crippen LogP contribution in [0.3, 0.4) is 0 Å². The number of rotatable bonds is 1. The number of anilines is 1. The Kier molecular flexibility index (Phi) is 2.76. The molecule has 4 rings (SSSR count). The molecule has 102 valence electrons. The molecule has 0 radical (unpaired) electrons. The molecule has 2 atom stereocenters. The van der Waals surface area contributed by atoms with E-state index in [1.807, 2.05) is 0 Å². The molecule has 20 heavy (non-hydrogen) atoms. The molecule has 0 aromatic heterocycles. The van der Waals surface area contributed by atoms with Gasteiger partial charge in [0.1, 0.15) is 6.10 Å². The van der Waals surface area contributed by atoms with Gasteiger partial charge in [0.05, 0.1) is 11.7 Å². The Morgan fingerprint density at radius 2 is 1.80 bits per heavy atom. The van der Waals surface area contributed by atoms with E-state index in [1.165, 1.54) is 22.4 Å². The van der Waals surface area contributed by atoms with Gasteiger partial charge in [-0.2, -0.15) is 0 Å². The first-order chi connectivity index (χ1) is 9.86. The second-order valence-corrected chi connectivity index (χ2v) is 5.54. The van der Waals surface area contributed by atoms with Crippen molar-refractivity contribution >= 4 is 5.69 Å². The van der Waals surface area contributed by atoms with Crippen LogP contribution in [-0.4, -0.2) is 12.6 Å². The lowest BCUT2D eigenvalue weighted by atomic mass is 9.95. The highest BCUT2D eigenvalue weighted by atomic mass is 16.7. The topological polar surface area (TPSA) is 38.5 Å². The summed E-state index contributed by atoms with van der Waals surface area (Å²) >= 11 is 0. The van der Waals surface area contributed by atoms with Gasteiger partial charge in [-0.3, -0.25) is 4.84 Å². The Hall–Kier alpha value is -1.84. The molecule has 0 amide bonds. The highest BCUT2D eigenvalue weighted by Crippen LogP contribution is 2.43. The lowest BCUT2D eigenvalue weighted by Gasteiger charge is -2.25. The molecular weight excluding hydrogens is 248 g/mol. The molecule has 1 saturated heterocycles. The monoisotopic (exact) mass is 266 g/mol. The number of hydrogen-bond acceptors (Lipinski definition) is 3. The van der Waals surface area contributed by atoms with Crippen LogP contribution >= 0.6 is 0 Å². The molecule has 0 unspecified atom stereocenters. The minimum absolute atomic E-state index is 0.110. The van der Waals surface area contributed by atoms with Crippen molar-refractivity contribution in [2.45, 2.75) is 25.0 Å². The Bertz CT molecular complexity index is 587. The van der Waals surface area contributed by atoms with E-state index in [-0.39, 0.29) is 12.1 Å². The summed E-state index contributed by atoms with van der Waals surface area (Å²) in [6.45, 7) is 0.567. The van der Waals surface area contributed by atoms with Gasteiger partial charge in [0.25, 0.3) is 0 Å². The number of hydroxylamine groups is 1. The maximum atomic E-state index is 6.09. The summed E-state index contributed by atoms with van der Waals surface area (Å²) in [6, 6.07) is 17.5. The maximum absolute atomic E-state index is 6.09. The summed E-state index contributed by atoms with van der Waals surface area (Å²) < 4.78 is 0. The van der Waals surface area contributed by atoms with Crippen molar-refractivity contribution < 1.29 is 4.84 Å². The SMILES string of the molecule is NC[C@@H]1C[C@H]2c3ccccc3Cc3ccccc3N2O1. The molecule has 1 fully saturated rings. The molecule has 3 heteroatoms. The van der Waals surface area contributed by atoms with Crippen LogP contribution < -0.4 is 10.8 Å². The van der Waals surface area contributed by atoms with Crippen LogP contribution in [0.1, 0.15) is 29.2 Å². The summed E-state index contributed by atoms with van der Waals surface area (Å²) in [5, 5.41) is 2.08. The highest BCUT2D eigenvalue weighted by Gasteiger charge is 2.37. The number of para-hydroxylation sites is 1. The van der Waals surface area contributed by atoms with Crippen LogP contribution in [0, 0.1) is 0 Å². The standard InChI is InChI=1S/C17H18N2O/c18-11-14-10-17-15-7-3-1-5-12(15)9-13-6-2-4-8-16(13)19(17)20-14/h1-8,14,17H,9-11,18H2/t14-,17-/m0/s1. The van der Waals surface area contributed by atoms with Crippen molar-refractivity contribution in [3.8, 4) is 0 Å². The Morgan fingerprint density at radius 3 is 2.65 bits per heavy atom. The maximum Gasteiger partial charge on any atom is 0.100 e. The number of nitrogens with two attached hydrogens (primary N) is 1. The molecule has 3 nitrogen and oxygen atoms in total. The first-order valence-corrected chi connectivity index (χ1v) is 7.18. The van der Waals surface area contributed by atoms with E-state index >= 15 is 0 Å². The summed E-state index contributed by atoms with van der Waals surface area (Å²) in [6.07, 6.45) is 2.04. The molecular formula is C17H18N2O. The third-order valence-electron chi connectivity index (χ3n) is 4.32. The van der Waals surface area contributed by atoms with Crippen molar-refractivity contribution in [2.75, 3.05) is 11.6 Å². The fourth-order valence-corrected chi connectivity index (χ4v) is 3.34. The quantitative estimate of drug-likeness (QED) is 0.862. The van der Waals surface area contributed by atoms with Gasteiger partial charge in [-0.15, -0.1) is 0 Å². The van der Waals surface area contributed by atoms with Gasteiger partial charge in [0.15, 0.2) is 0 Å². The number of nitrogens with zero attached hydrogens (tertiary/aromatic N) is 1. The molecule has 2 aliphatic rings. The van der Waals surface area contributed by atoms with Crippen LogP contribution in [0.5, 0.6) is 0 Å². The van der Waals surface area contributed by atoms with Crippen molar-refractivity contribution in [3.63, 3.8) is 0 Å². The molecule has 0 saturated carbocycles. The van der Waals surface area contributed by atoms with Gasteiger partial charge in [-0.1, -0.05) is 42.5 Å². The van der Waals surface area contributed by atoms with E-state index < -0.39 is 0 Å². The van der Waals surface area contributed by atoms with E-state index in [0.717, 1.165) is 12.8 Å². The van der Waals surface area contributed by atoms with E-state index in [2.05, 4.69) is 53.6 Å². The summed E-state index contributed by atoms with van der Waals surface area (Å²) in [7, 11) is 0. The summed E-state index contributed by atoms with van der Waals surface area (Å²) in [5.74, 6) is 0. The minimum Gasteiger partial charge on any atom is -0.328 e. The van der Waals surface area contributed by atoms with Crippen LogP contribution in [0.25, 0.3) is 0 Å². The minimum atomic E-state index is 0.110. The van der Waals surface area contributed by atoms with Crippen LogP contribution in [-0.2, 0) is 11.3 Å². The highest BCUT2D eigenvalue weighted by molar-refractivity contribution is 5.59. The van der Waals surface area contributed by atoms with Crippen LogP contribution in [0.4, 0.5) is 5.69 Å². The van der Waals surface area contributed by atoms with Crippen molar-refractivity contribution in [1.82, 2.24) is 0 Å². The van der Waals surface area contributed by atoms with E-state index in [4.69, 9.17) is 10.6 Å². The molecule has 0 aliphatic carbocycles. The van der Waals surface area contributed by atoms with Gasteiger partial charge in [-0.25, -0.2) is 5.06 Å². The number of fused-ring (bicyclic) bond motifs is 5. The Balaban J connectivity index is 1.89. The molecule has 0 bridgehead atoms. The van der Waals surface area contributed by atoms with E-state index in [0.29, 0.717) is 6.54 Å². The smallest absolute Gasteiger partial charge is 0.100 e.